The van der Waals surface area contributed by atoms with Crippen molar-refractivity contribution in [3.63, 3.8) is 0 Å². The molecule has 0 N–H and O–H groups in total. The van der Waals surface area contributed by atoms with Gasteiger partial charge in [0.05, 0.1) is 21.1 Å². The summed E-state index contributed by atoms with van der Waals surface area (Å²) < 4.78 is 6.40. The quantitative estimate of drug-likeness (QED) is 0.787. The van der Waals surface area contributed by atoms with Gasteiger partial charge in [-0.2, -0.15) is 0 Å². The molecule has 1 aliphatic carbocycles. The van der Waals surface area contributed by atoms with E-state index in [1.807, 2.05) is 23.1 Å². The minimum atomic E-state index is -0.209. The standard InChI is InChI=1S/C19H22N2O3S/c22-17(12-24-19(23)13-5-3-6-13)21-10-4-7-14(11-21)18-20-15-8-1-2-9-16(15)25-18/h1-2,8-9,13-14H,3-7,10-12H2/t14-/m1/s1. The van der Waals surface area contributed by atoms with Crippen LogP contribution in [0.2, 0.25) is 0 Å². The summed E-state index contributed by atoms with van der Waals surface area (Å²) in [5.74, 6) is -0.0000894. The molecule has 0 unspecified atom stereocenters. The Morgan fingerprint density at radius 1 is 1.20 bits per heavy atom. The van der Waals surface area contributed by atoms with Crippen LogP contribution in [0.5, 0.6) is 0 Å². The van der Waals surface area contributed by atoms with Crippen molar-refractivity contribution in [3.05, 3.63) is 29.3 Å². The Hall–Kier alpha value is -1.95. The van der Waals surface area contributed by atoms with Crippen molar-refractivity contribution in [1.82, 2.24) is 9.88 Å². The Bertz CT molecular complexity index is 751. The molecule has 0 bridgehead atoms. The molecule has 2 aromatic rings. The van der Waals surface area contributed by atoms with Gasteiger partial charge in [-0.15, -0.1) is 11.3 Å². The number of nitrogens with zero attached hydrogens (tertiary/aromatic N) is 2. The van der Waals surface area contributed by atoms with Crippen molar-refractivity contribution >= 4 is 33.4 Å². The number of carbonyl (C=O) groups excluding carboxylic acids is 2. The molecular formula is C19H22N2O3S. The molecule has 1 aromatic carbocycles. The maximum Gasteiger partial charge on any atom is 0.309 e. The van der Waals surface area contributed by atoms with E-state index in [1.165, 1.54) is 4.70 Å². The van der Waals surface area contributed by atoms with E-state index < -0.39 is 0 Å². The average Bonchev–Trinajstić information content (AvgIpc) is 3.02. The Morgan fingerprint density at radius 2 is 2.04 bits per heavy atom. The van der Waals surface area contributed by atoms with E-state index in [9.17, 15) is 9.59 Å². The highest BCUT2D eigenvalue weighted by Crippen LogP contribution is 2.33. The van der Waals surface area contributed by atoms with Crippen LogP contribution < -0.4 is 0 Å². The first-order chi connectivity index (χ1) is 12.2. The first kappa shape index (κ1) is 16.5. The van der Waals surface area contributed by atoms with Crippen LogP contribution in [0.3, 0.4) is 0 Å². The van der Waals surface area contributed by atoms with Gasteiger partial charge in [0.2, 0.25) is 0 Å². The number of benzene rings is 1. The Balaban J connectivity index is 1.36. The highest BCUT2D eigenvalue weighted by molar-refractivity contribution is 7.18. The van der Waals surface area contributed by atoms with Crippen LogP contribution in [0, 0.1) is 5.92 Å². The first-order valence-corrected chi connectivity index (χ1v) is 9.82. The van der Waals surface area contributed by atoms with Crippen LogP contribution in [-0.4, -0.2) is 41.5 Å². The Labute approximate surface area is 151 Å². The number of hydrogen-bond donors (Lipinski definition) is 0. The number of likely N-dealkylation sites (tertiary alicyclic amines) is 1. The van der Waals surface area contributed by atoms with E-state index in [2.05, 4.69) is 6.07 Å². The summed E-state index contributed by atoms with van der Waals surface area (Å²) in [6.45, 7) is 1.28. The molecular weight excluding hydrogens is 336 g/mol. The van der Waals surface area contributed by atoms with Crippen molar-refractivity contribution in [2.24, 2.45) is 5.92 Å². The van der Waals surface area contributed by atoms with Gasteiger partial charge >= 0.3 is 5.97 Å². The number of amides is 1. The third kappa shape index (κ3) is 3.54. The van der Waals surface area contributed by atoms with Gasteiger partial charge in [-0.25, -0.2) is 4.98 Å². The molecule has 5 nitrogen and oxygen atoms in total. The lowest BCUT2D eigenvalue weighted by atomic mass is 9.86. The zero-order chi connectivity index (χ0) is 17.2. The molecule has 6 heteroatoms. The van der Waals surface area contributed by atoms with Crippen LogP contribution in [0.1, 0.15) is 43.0 Å². The number of hydrogen-bond acceptors (Lipinski definition) is 5. The summed E-state index contributed by atoms with van der Waals surface area (Å²) in [6.07, 6.45) is 4.89. The van der Waals surface area contributed by atoms with Gasteiger partial charge in [0.1, 0.15) is 0 Å². The maximum atomic E-state index is 12.4. The minimum absolute atomic E-state index is 0.0182. The lowest BCUT2D eigenvalue weighted by Crippen LogP contribution is -2.41. The second-order valence-electron chi connectivity index (χ2n) is 6.93. The van der Waals surface area contributed by atoms with Gasteiger partial charge in [0.25, 0.3) is 5.91 Å². The van der Waals surface area contributed by atoms with Gasteiger partial charge in [-0.3, -0.25) is 9.59 Å². The first-order valence-electron chi connectivity index (χ1n) is 9.00. The predicted molar refractivity (Wildman–Crippen MR) is 96.5 cm³/mol. The maximum absolute atomic E-state index is 12.4. The van der Waals surface area contributed by atoms with Crippen molar-refractivity contribution in [2.45, 2.75) is 38.0 Å². The summed E-state index contributed by atoms with van der Waals surface area (Å²) >= 11 is 1.72. The molecule has 1 aromatic heterocycles. The number of esters is 1. The monoisotopic (exact) mass is 358 g/mol. The zero-order valence-corrected chi connectivity index (χ0v) is 15.0. The second-order valence-corrected chi connectivity index (χ2v) is 8.00. The third-order valence-corrected chi connectivity index (χ3v) is 6.41. The molecule has 4 rings (SSSR count). The van der Waals surface area contributed by atoms with E-state index in [0.717, 1.165) is 49.2 Å². The zero-order valence-electron chi connectivity index (χ0n) is 14.1. The molecule has 2 heterocycles. The molecule has 1 amide bonds. The highest BCUT2D eigenvalue weighted by atomic mass is 32.1. The number of aromatic nitrogens is 1. The molecule has 1 saturated carbocycles. The van der Waals surface area contributed by atoms with Crippen LogP contribution in [0.25, 0.3) is 10.2 Å². The molecule has 1 aliphatic heterocycles. The summed E-state index contributed by atoms with van der Waals surface area (Å²) in [4.78, 5) is 30.8. The fourth-order valence-electron chi connectivity index (χ4n) is 3.46. The van der Waals surface area contributed by atoms with E-state index in [0.29, 0.717) is 6.54 Å². The molecule has 1 atom stereocenters. The summed E-state index contributed by atoms with van der Waals surface area (Å²) in [5.41, 5.74) is 1.03. The van der Waals surface area contributed by atoms with Gasteiger partial charge < -0.3 is 9.64 Å². The third-order valence-electron chi connectivity index (χ3n) is 5.21. The lowest BCUT2D eigenvalue weighted by molar-refractivity contribution is -0.158. The molecule has 2 fully saturated rings. The summed E-state index contributed by atoms with van der Waals surface area (Å²) in [6, 6.07) is 8.14. The number of fused-ring (bicyclic) bond motifs is 1. The number of rotatable bonds is 4. The fraction of sp³-hybridized carbons (Fsp3) is 0.526. The molecule has 1 saturated heterocycles. The summed E-state index contributed by atoms with van der Waals surface area (Å²) in [7, 11) is 0. The second kappa shape index (κ2) is 7.12. The van der Waals surface area contributed by atoms with Crippen molar-refractivity contribution in [1.29, 1.82) is 0 Å². The summed E-state index contributed by atoms with van der Waals surface area (Å²) in [5, 5.41) is 1.10. The van der Waals surface area contributed by atoms with Gasteiger partial charge in [0.15, 0.2) is 6.61 Å². The molecule has 132 valence electrons. The predicted octanol–water partition coefficient (Wildman–Crippen LogP) is 3.35. The largest absolute Gasteiger partial charge is 0.455 e. The SMILES string of the molecule is O=C(OCC(=O)N1CCC[C@@H](c2nc3ccccc3s2)C1)C1CCC1. The molecule has 0 spiro atoms. The van der Waals surface area contributed by atoms with E-state index in [1.54, 1.807) is 11.3 Å². The number of para-hydroxylation sites is 1. The Kier molecular flexibility index (Phi) is 4.70. The fourth-order valence-corrected chi connectivity index (χ4v) is 4.55. The number of ether oxygens (including phenoxy) is 1. The average molecular weight is 358 g/mol. The highest BCUT2D eigenvalue weighted by Gasteiger charge is 2.30. The number of thiazole rings is 1. The van der Waals surface area contributed by atoms with Crippen LogP contribution in [0.4, 0.5) is 0 Å². The van der Waals surface area contributed by atoms with Crippen LogP contribution >= 0.6 is 11.3 Å². The van der Waals surface area contributed by atoms with Crippen molar-refractivity contribution < 1.29 is 14.3 Å². The van der Waals surface area contributed by atoms with E-state index in [4.69, 9.17) is 9.72 Å². The van der Waals surface area contributed by atoms with Crippen molar-refractivity contribution in [2.75, 3.05) is 19.7 Å². The van der Waals surface area contributed by atoms with Crippen molar-refractivity contribution in [3.8, 4) is 0 Å². The smallest absolute Gasteiger partial charge is 0.309 e. The minimum Gasteiger partial charge on any atom is -0.455 e. The normalized spacial score (nSPS) is 21.1. The Morgan fingerprint density at radius 3 is 2.80 bits per heavy atom. The molecule has 2 aliphatic rings. The lowest BCUT2D eigenvalue weighted by Gasteiger charge is -2.32. The molecule has 25 heavy (non-hydrogen) atoms. The van der Waals surface area contributed by atoms with Crippen LogP contribution in [-0.2, 0) is 14.3 Å². The molecule has 0 radical (unpaired) electrons. The van der Waals surface area contributed by atoms with Crippen LogP contribution in [0.15, 0.2) is 24.3 Å². The van der Waals surface area contributed by atoms with E-state index in [-0.39, 0.29) is 30.3 Å². The van der Waals surface area contributed by atoms with Gasteiger partial charge in [0, 0.05) is 19.0 Å². The number of piperidine rings is 1. The number of carbonyl (C=O) groups is 2. The van der Waals surface area contributed by atoms with E-state index >= 15 is 0 Å². The van der Waals surface area contributed by atoms with Gasteiger partial charge in [-0.1, -0.05) is 18.6 Å². The topological polar surface area (TPSA) is 59.5 Å². The van der Waals surface area contributed by atoms with Gasteiger partial charge in [-0.05, 0) is 37.8 Å².